The molecule has 182 valence electrons. The largest absolute Gasteiger partial charge is 0.303 e. The van der Waals surface area contributed by atoms with E-state index in [0.29, 0.717) is 0 Å². The van der Waals surface area contributed by atoms with E-state index in [-0.39, 0.29) is 0 Å². The lowest BCUT2D eigenvalue weighted by molar-refractivity contribution is 0.253. The van der Waals surface area contributed by atoms with Gasteiger partial charge < -0.3 is 4.90 Å². The van der Waals surface area contributed by atoms with E-state index in [0.717, 1.165) is 11.8 Å². The molecule has 0 rings (SSSR count). The molecule has 0 heterocycles. The van der Waals surface area contributed by atoms with Gasteiger partial charge in [0.25, 0.3) is 0 Å². The minimum atomic E-state index is 0.874. The van der Waals surface area contributed by atoms with Gasteiger partial charge in [-0.15, -0.1) is 0 Å². The lowest BCUT2D eigenvalue weighted by atomic mass is 10.0. The van der Waals surface area contributed by atoms with Crippen LogP contribution >= 0.6 is 0 Å². The van der Waals surface area contributed by atoms with Crippen molar-refractivity contribution in [1.82, 2.24) is 4.90 Å². The second-order valence-corrected chi connectivity index (χ2v) is 10.9. The van der Waals surface area contributed by atoms with Gasteiger partial charge in [0.1, 0.15) is 0 Å². The number of unbranched alkanes of at least 4 members (excludes halogenated alkanes) is 14. The van der Waals surface area contributed by atoms with Gasteiger partial charge in [-0.1, -0.05) is 137 Å². The summed E-state index contributed by atoms with van der Waals surface area (Å²) in [7, 11) is 0. The van der Waals surface area contributed by atoms with Crippen molar-refractivity contribution in [3.05, 3.63) is 0 Å². The highest BCUT2D eigenvalue weighted by Gasteiger charge is 2.05. The maximum Gasteiger partial charge on any atom is -0.00187 e. The van der Waals surface area contributed by atoms with Gasteiger partial charge in [-0.2, -0.15) is 0 Å². The summed E-state index contributed by atoms with van der Waals surface area (Å²) in [6, 6.07) is 0. The van der Waals surface area contributed by atoms with E-state index < -0.39 is 0 Å². The summed E-state index contributed by atoms with van der Waals surface area (Å²) in [5.41, 5.74) is 0. The Labute approximate surface area is 193 Å². The Bertz CT molecular complexity index is 291. The van der Waals surface area contributed by atoms with E-state index in [4.69, 9.17) is 0 Å². The van der Waals surface area contributed by atoms with Crippen molar-refractivity contribution in [2.75, 3.05) is 19.6 Å². The average Bonchev–Trinajstić information content (AvgIpc) is 2.70. The molecular formula is C29H61N. The van der Waals surface area contributed by atoms with Gasteiger partial charge in [0.05, 0.1) is 0 Å². The molecule has 1 nitrogen and oxygen atoms in total. The summed E-state index contributed by atoms with van der Waals surface area (Å²) in [5.74, 6) is 1.75. The summed E-state index contributed by atoms with van der Waals surface area (Å²) in [6.07, 6.45) is 27.3. The van der Waals surface area contributed by atoms with E-state index in [1.165, 1.54) is 142 Å². The molecule has 0 amide bonds. The summed E-state index contributed by atoms with van der Waals surface area (Å²) in [4.78, 5) is 2.80. The quantitative estimate of drug-likeness (QED) is 0.140. The standard InChI is InChI=1S/C29H61N/c1-6-7-8-9-10-11-12-13-14-15-20-25-30(26-21-16-18-23-28(2)3)27-22-17-19-24-29(4)5/h28-29H,6-27H2,1-5H3. The second kappa shape index (κ2) is 23.6. The molecule has 0 aromatic carbocycles. The fourth-order valence-electron chi connectivity index (χ4n) is 4.46. The van der Waals surface area contributed by atoms with Crippen LogP contribution < -0.4 is 0 Å². The summed E-state index contributed by atoms with van der Waals surface area (Å²) >= 11 is 0. The van der Waals surface area contributed by atoms with Crippen molar-refractivity contribution in [3.63, 3.8) is 0 Å². The van der Waals surface area contributed by atoms with Crippen LogP contribution in [0.2, 0.25) is 0 Å². The van der Waals surface area contributed by atoms with Gasteiger partial charge in [0.15, 0.2) is 0 Å². The Morgan fingerprint density at radius 1 is 0.400 bits per heavy atom. The highest BCUT2D eigenvalue weighted by atomic mass is 15.1. The van der Waals surface area contributed by atoms with Gasteiger partial charge in [-0.25, -0.2) is 0 Å². The first-order valence-electron chi connectivity index (χ1n) is 14.3. The van der Waals surface area contributed by atoms with Crippen LogP contribution in [-0.4, -0.2) is 24.5 Å². The lowest BCUT2D eigenvalue weighted by Crippen LogP contribution is -2.27. The third-order valence-corrected chi connectivity index (χ3v) is 6.59. The van der Waals surface area contributed by atoms with E-state index in [1.54, 1.807) is 0 Å². The van der Waals surface area contributed by atoms with Crippen LogP contribution in [0.15, 0.2) is 0 Å². The topological polar surface area (TPSA) is 3.24 Å². The molecule has 0 radical (unpaired) electrons. The molecule has 0 aromatic rings. The minimum absolute atomic E-state index is 0.874. The maximum atomic E-state index is 2.80. The minimum Gasteiger partial charge on any atom is -0.303 e. The normalized spacial score (nSPS) is 12.0. The van der Waals surface area contributed by atoms with Crippen molar-refractivity contribution >= 4 is 0 Å². The lowest BCUT2D eigenvalue weighted by Gasteiger charge is -2.22. The van der Waals surface area contributed by atoms with E-state index in [9.17, 15) is 0 Å². The average molecular weight is 424 g/mol. The zero-order valence-corrected chi connectivity index (χ0v) is 22.2. The number of hydrogen-bond acceptors (Lipinski definition) is 1. The Morgan fingerprint density at radius 2 is 0.700 bits per heavy atom. The number of nitrogens with zero attached hydrogens (tertiary/aromatic N) is 1. The van der Waals surface area contributed by atoms with Crippen molar-refractivity contribution in [2.24, 2.45) is 11.8 Å². The first kappa shape index (κ1) is 30.0. The van der Waals surface area contributed by atoms with Gasteiger partial charge in [-0.3, -0.25) is 0 Å². The number of hydrogen-bond donors (Lipinski definition) is 0. The molecule has 0 aromatic heterocycles. The first-order chi connectivity index (χ1) is 14.6. The number of rotatable bonds is 24. The van der Waals surface area contributed by atoms with Crippen LogP contribution in [0.3, 0.4) is 0 Å². The van der Waals surface area contributed by atoms with E-state index >= 15 is 0 Å². The Morgan fingerprint density at radius 3 is 1.03 bits per heavy atom. The third-order valence-electron chi connectivity index (χ3n) is 6.59. The molecule has 0 unspecified atom stereocenters. The van der Waals surface area contributed by atoms with Crippen LogP contribution in [-0.2, 0) is 0 Å². The smallest absolute Gasteiger partial charge is 0.00187 e. The van der Waals surface area contributed by atoms with Crippen LogP contribution in [0.25, 0.3) is 0 Å². The van der Waals surface area contributed by atoms with E-state index in [1.807, 2.05) is 0 Å². The molecule has 0 atom stereocenters. The SMILES string of the molecule is CCCCCCCCCCCCCN(CCCCCC(C)C)CCCCCC(C)C. The molecule has 0 bridgehead atoms. The molecular weight excluding hydrogens is 362 g/mol. The van der Waals surface area contributed by atoms with Crippen LogP contribution in [0.1, 0.15) is 157 Å². The zero-order valence-electron chi connectivity index (χ0n) is 22.2. The fraction of sp³-hybridized carbons (Fsp3) is 1.00. The van der Waals surface area contributed by atoms with Crippen molar-refractivity contribution in [3.8, 4) is 0 Å². The Hall–Kier alpha value is -0.0400. The van der Waals surface area contributed by atoms with Crippen LogP contribution in [0.4, 0.5) is 0 Å². The molecule has 0 spiro atoms. The second-order valence-electron chi connectivity index (χ2n) is 10.9. The molecule has 30 heavy (non-hydrogen) atoms. The fourth-order valence-corrected chi connectivity index (χ4v) is 4.46. The van der Waals surface area contributed by atoms with Crippen molar-refractivity contribution in [1.29, 1.82) is 0 Å². The molecule has 0 aliphatic heterocycles. The van der Waals surface area contributed by atoms with E-state index in [2.05, 4.69) is 39.5 Å². The van der Waals surface area contributed by atoms with Crippen LogP contribution in [0, 0.1) is 11.8 Å². The monoisotopic (exact) mass is 423 g/mol. The summed E-state index contributed by atoms with van der Waals surface area (Å²) in [6.45, 7) is 15.8. The molecule has 0 N–H and O–H groups in total. The molecule has 0 saturated carbocycles. The highest BCUT2D eigenvalue weighted by molar-refractivity contribution is 4.61. The molecule has 1 heteroatoms. The predicted molar refractivity (Wildman–Crippen MR) is 140 cm³/mol. The Balaban J connectivity index is 3.78. The summed E-state index contributed by atoms with van der Waals surface area (Å²) in [5, 5.41) is 0. The van der Waals surface area contributed by atoms with Gasteiger partial charge in [0, 0.05) is 0 Å². The highest BCUT2D eigenvalue weighted by Crippen LogP contribution is 2.14. The van der Waals surface area contributed by atoms with Gasteiger partial charge in [-0.05, 0) is 50.7 Å². The molecule has 0 aliphatic rings. The Kier molecular flexibility index (Phi) is 23.6. The molecule has 0 aliphatic carbocycles. The summed E-state index contributed by atoms with van der Waals surface area (Å²) < 4.78 is 0. The third kappa shape index (κ3) is 24.2. The predicted octanol–water partition coefficient (Wildman–Crippen LogP) is 10.0. The van der Waals surface area contributed by atoms with Crippen molar-refractivity contribution in [2.45, 2.75) is 157 Å². The maximum absolute atomic E-state index is 2.80. The zero-order chi connectivity index (χ0) is 22.3. The first-order valence-corrected chi connectivity index (χ1v) is 14.3. The van der Waals surface area contributed by atoms with Crippen LogP contribution in [0.5, 0.6) is 0 Å². The van der Waals surface area contributed by atoms with Gasteiger partial charge >= 0.3 is 0 Å². The molecule has 0 saturated heterocycles. The van der Waals surface area contributed by atoms with Gasteiger partial charge in [0.2, 0.25) is 0 Å². The molecule has 0 fully saturated rings. The van der Waals surface area contributed by atoms with Crippen molar-refractivity contribution < 1.29 is 0 Å².